The maximum absolute atomic E-state index is 12.4. The number of methoxy groups -OCH3 is 1. The zero-order valence-electron chi connectivity index (χ0n) is 15.9. The molecular formula is C23H22N2O3. The number of carbonyl (C=O) groups excluding carboxylic acids is 2. The summed E-state index contributed by atoms with van der Waals surface area (Å²) in [4.78, 5) is 24.8. The van der Waals surface area contributed by atoms with Crippen LogP contribution in [0.1, 0.15) is 31.8 Å². The van der Waals surface area contributed by atoms with Crippen molar-refractivity contribution < 1.29 is 14.3 Å². The number of nitrogens with one attached hydrogen (secondary N) is 2. The lowest BCUT2D eigenvalue weighted by molar-refractivity contribution is 0.0949. The zero-order valence-corrected chi connectivity index (χ0v) is 15.9. The molecule has 28 heavy (non-hydrogen) atoms. The van der Waals surface area contributed by atoms with Crippen LogP contribution < -0.4 is 15.4 Å². The van der Waals surface area contributed by atoms with Gasteiger partial charge in [0.25, 0.3) is 11.8 Å². The highest BCUT2D eigenvalue weighted by Gasteiger charge is 2.11. The molecule has 0 saturated carbocycles. The van der Waals surface area contributed by atoms with Crippen molar-refractivity contribution in [3.05, 3.63) is 95.1 Å². The van der Waals surface area contributed by atoms with Gasteiger partial charge < -0.3 is 15.4 Å². The molecule has 0 aliphatic rings. The predicted molar refractivity (Wildman–Crippen MR) is 110 cm³/mol. The van der Waals surface area contributed by atoms with Gasteiger partial charge in [0.15, 0.2) is 0 Å². The van der Waals surface area contributed by atoms with E-state index in [1.165, 1.54) is 0 Å². The molecule has 5 nitrogen and oxygen atoms in total. The van der Waals surface area contributed by atoms with Crippen molar-refractivity contribution in [3.8, 4) is 5.75 Å². The van der Waals surface area contributed by atoms with E-state index in [4.69, 9.17) is 4.74 Å². The molecule has 2 amide bonds. The number of hydrogen-bond acceptors (Lipinski definition) is 3. The highest BCUT2D eigenvalue weighted by Crippen LogP contribution is 2.17. The summed E-state index contributed by atoms with van der Waals surface area (Å²) < 4.78 is 5.29. The Balaban J connectivity index is 1.62. The van der Waals surface area contributed by atoms with Crippen LogP contribution in [-0.4, -0.2) is 18.9 Å². The Morgan fingerprint density at radius 1 is 0.821 bits per heavy atom. The van der Waals surface area contributed by atoms with Crippen LogP contribution in [0, 0.1) is 6.92 Å². The molecule has 0 unspecified atom stereocenters. The Morgan fingerprint density at radius 2 is 1.43 bits per heavy atom. The number of anilines is 1. The quantitative estimate of drug-likeness (QED) is 0.680. The van der Waals surface area contributed by atoms with E-state index < -0.39 is 0 Å². The maximum atomic E-state index is 12.4. The van der Waals surface area contributed by atoms with Gasteiger partial charge in [-0.3, -0.25) is 9.59 Å². The molecule has 3 rings (SSSR count). The van der Waals surface area contributed by atoms with Gasteiger partial charge in [-0.05, 0) is 48.9 Å². The first kappa shape index (κ1) is 19.2. The van der Waals surface area contributed by atoms with Crippen molar-refractivity contribution >= 4 is 17.5 Å². The molecule has 0 radical (unpaired) electrons. The molecule has 0 saturated heterocycles. The minimum atomic E-state index is -0.213. The van der Waals surface area contributed by atoms with Gasteiger partial charge in [0, 0.05) is 28.9 Å². The highest BCUT2D eigenvalue weighted by molar-refractivity contribution is 6.05. The number of ether oxygens (including phenoxy) is 1. The fraction of sp³-hybridized carbons (Fsp3) is 0.130. The van der Waals surface area contributed by atoms with Crippen LogP contribution >= 0.6 is 0 Å². The van der Waals surface area contributed by atoms with E-state index in [0.29, 0.717) is 17.7 Å². The van der Waals surface area contributed by atoms with Gasteiger partial charge in [-0.15, -0.1) is 0 Å². The van der Waals surface area contributed by atoms with Crippen LogP contribution in [0.3, 0.4) is 0 Å². The van der Waals surface area contributed by atoms with Crippen LogP contribution in [0.15, 0.2) is 72.8 Å². The number of amides is 2. The fourth-order valence-corrected chi connectivity index (χ4v) is 2.81. The Bertz CT molecular complexity index is 981. The maximum Gasteiger partial charge on any atom is 0.255 e. The Hall–Kier alpha value is -3.60. The minimum Gasteiger partial charge on any atom is -0.496 e. The van der Waals surface area contributed by atoms with Gasteiger partial charge in [-0.2, -0.15) is 0 Å². The molecule has 3 aromatic rings. The number of carbonyl (C=O) groups is 2. The molecule has 5 heteroatoms. The lowest BCUT2D eigenvalue weighted by Gasteiger charge is -2.10. The van der Waals surface area contributed by atoms with Crippen LogP contribution in [-0.2, 0) is 6.54 Å². The summed E-state index contributed by atoms with van der Waals surface area (Å²) in [5, 5.41) is 5.75. The molecule has 142 valence electrons. The normalized spacial score (nSPS) is 10.2. The first-order valence-electron chi connectivity index (χ1n) is 8.95. The van der Waals surface area contributed by atoms with Gasteiger partial charge >= 0.3 is 0 Å². The number of hydrogen-bond donors (Lipinski definition) is 2. The van der Waals surface area contributed by atoms with E-state index in [0.717, 1.165) is 22.6 Å². The van der Waals surface area contributed by atoms with Gasteiger partial charge in [-0.1, -0.05) is 36.4 Å². The zero-order chi connectivity index (χ0) is 19.9. The van der Waals surface area contributed by atoms with E-state index in [2.05, 4.69) is 10.6 Å². The van der Waals surface area contributed by atoms with Crippen LogP contribution in [0.25, 0.3) is 0 Å². The molecule has 0 bridgehead atoms. The number of aryl methyl sites for hydroxylation is 1. The van der Waals surface area contributed by atoms with Crippen LogP contribution in [0.5, 0.6) is 5.75 Å². The molecule has 0 fully saturated rings. The molecule has 0 atom stereocenters. The second kappa shape index (κ2) is 8.86. The summed E-state index contributed by atoms with van der Waals surface area (Å²) in [5.74, 6) is 0.304. The summed E-state index contributed by atoms with van der Waals surface area (Å²) >= 11 is 0. The third-order valence-electron chi connectivity index (χ3n) is 4.43. The average molecular weight is 374 g/mol. The lowest BCUT2D eigenvalue weighted by atomic mass is 10.1. The van der Waals surface area contributed by atoms with Crippen molar-refractivity contribution in [1.29, 1.82) is 0 Å². The number of rotatable bonds is 6. The third kappa shape index (κ3) is 4.57. The van der Waals surface area contributed by atoms with Crippen molar-refractivity contribution in [2.24, 2.45) is 0 Å². The summed E-state index contributed by atoms with van der Waals surface area (Å²) in [7, 11) is 1.60. The van der Waals surface area contributed by atoms with Gasteiger partial charge in [-0.25, -0.2) is 0 Å². The molecule has 0 heterocycles. The van der Waals surface area contributed by atoms with E-state index in [1.807, 2.05) is 55.5 Å². The second-order valence-corrected chi connectivity index (χ2v) is 6.34. The number of benzene rings is 3. The highest BCUT2D eigenvalue weighted by atomic mass is 16.5. The van der Waals surface area contributed by atoms with Crippen molar-refractivity contribution in [2.75, 3.05) is 12.4 Å². The van der Waals surface area contributed by atoms with Gasteiger partial charge in [0.2, 0.25) is 0 Å². The van der Waals surface area contributed by atoms with Gasteiger partial charge in [0.05, 0.1) is 7.11 Å². The molecule has 3 aromatic carbocycles. The smallest absolute Gasteiger partial charge is 0.255 e. The fourth-order valence-electron chi connectivity index (χ4n) is 2.81. The van der Waals surface area contributed by atoms with Crippen molar-refractivity contribution in [2.45, 2.75) is 13.5 Å². The molecule has 0 aliphatic carbocycles. The molecule has 0 aliphatic heterocycles. The summed E-state index contributed by atoms with van der Waals surface area (Å²) in [5.41, 5.74) is 3.63. The largest absolute Gasteiger partial charge is 0.496 e. The predicted octanol–water partition coefficient (Wildman–Crippen LogP) is 4.19. The molecule has 0 aromatic heterocycles. The monoisotopic (exact) mass is 374 g/mol. The summed E-state index contributed by atoms with van der Waals surface area (Å²) in [6, 6.07) is 21.7. The third-order valence-corrected chi connectivity index (χ3v) is 4.43. The van der Waals surface area contributed by atoms with E-state index >= 15 is 0 Å². The lowest BCUT2D eigenvalue weighted by Crippen LogP contribution is -2.23. The SMILES string of the molecule is COc1ccccc1CNC(=O)c1ccc(C(=O)Nc2ccccc2C)cc1. The standard InChI is InChI=1S/C23H22N2O3/c1-16-7-3-5-9-20(16)25-23(27)18-13-11-17(12-14-18)22(26)24-15-19-8-4-6-10-21(19)28-2/h3-14H,15H2,1-2H3,(H,24,26)(H,25,27). The summed E-state index contributed by atoms with van der Waals surface area (Å²) in [6.07, 6.45) is 0. The van der Waals surface area contributed by atoms with E-state index in [-0.39, 0.29) is 11.8 Å². The number of para-hydroxylation sites is 2. The summed E-state index contributed by atoms with van der Waals surface area (Å²) in [6.45, 7) is 2.29. The topological polar surface area (TPSA) is 67.4 Å². The van der Waals surface area contributed by atoms with Crippen molar-refractivity contribution in [1.82, 2.24) is 5.32 Å². The van der Waals surface area contributed by atoms with Crippen LogP contribution in [0.2, 0.25) is 0 Å². The molecule has 0 spiro atoms. The van der Waals surface area contributed by atoms with E-state index in [1.54, 1.807) is 31.4 Å². The Kier molecular flexibility index (Phi) is 6.07. The molecular weight excluding hydrogens is 352 g/mol. The van der Waals surface area contributed by atoms with Crippen LogP contribution in [0.4, 0.5) is 5.69 Å². The molecule has 2 N–H and O–H groups in total. The first-order valence-corrected chi connectivity index (χ1v) is 8.95. The average Bonchev–Trinajstić information content (AvgIpc) is 2.74. The Labute approximate surface area is 164 Å². The first-order chi connectivity index (χ1) is 13.6. The second-order valence-electron chi connectivity index (χ2n) is 6.34. The minimum absolute atomic E-state index is 0.211. The van der Waals surface area contributed by atoms with E-state index in [9.17, 15) is 9.59 Å². The van der Waals surface area contributed by atoms with Crippen molar-refractivity contribution in [3.63, 3.8) is 0 Å². The Morgan fingerprint density at radius 3 is 2.11 bits per heavy atom. The van der Waals surface area contributed by atoms with Gasteiger partial charge in [0.1, 0.15) is 5.75 Å².